The van der Waals surface area contributed by atoms with Gasteiger partial charge in [0, 0.05) is 24.6 Å². The highest BCUT2D eigenvalue weighted by atomic mass is 16.5. The second kappa shape index (κ2) is 11.5. The Balaban J connectivity index is 1.32. The van der Waals surface area contributed by atoms with Crippen molar-refractivity contribution in [1.82, 2.24) is 24.8 Å². The van der Waals surface area contributed by atoms with Crippen molar-refractivity contribution in [3.05, 3.63) is 47.8 Å². The lowest BCUT2D eigenvalue weighted by Gasteiger charge is -2.29. The Bertz CT molecular complexity index is 1270. The van der Waals surface area contributed by atoms with Crippen molar-refractivity contribution in [3.63, 3.8) is 0 Å². The van der Waals surface area contributed by atoms with Crippen LogP contribution in [-0.4, -0.2) is 71.4 Å². The van der Waals surface area contributed by atoms with E-state index in [9.17, 15) is 5.26 Å². The van der Waals surface area contributed by atoms with E-state index in [1.165, 1.54) is 0 Å². The van der Waals surface area contributed by atoms with Gasteiger partial charge in [-0.1, -0.05) is 0 Å². The zero-order valence-electron chi connectivity index (χ0n) is 21.2. The first kappa shape index (κ1) is 24.9. The van der Waals surface area contributed by atoms with Crippen LogP contribution in [0.4, 0.5) is 11.8 Å². The molecule has 10 heteroatoms. The smallest absolute Gasteiger partial charge is 0.228 e. The Hall–Kier alpha value is -3.81. The first-order valence-electron chi connectivity index (χ1n) is 12.6. The van der Waals surface area contributed by atoms with Gasteiger partial charge in [-0.3, -0.25) is 0 Å². The van der Waals surface area contributed by atoms with Gasteiger partial charge >= 0.3 is 0 Å². The summed E-state index contributed by atoms with van der Waals surface area (Å²) in [5, 5.41) is 12.8. The fourth-order valence-electron chi connectivity index (χ4n) is 4.73. The van der Waals surface area contributed by atoms with Gasteiger partial charge in [0.2, 0.25) is 11.8 Å². The molecule has 0 amide bonds. The van der Waals surface area contributed by atoms with Crippen LogP contribution in [0.25, 0.3) is 11.4 Å². The quantitative estimate of drug-likeness (QED) is 0.510. The van der Waals surface area contributed by atoms with Crippen molar-refractivity contribution in [1.29, 1.82) is 5.26 Å². The fourth-order valence-corrected chi connectivity index (χ4v) is 4.73. The minimum Gasteiger partial charge on any atom is -0.487 e. The molecule has 5 heterocycles. The number of ether oxygens (including phenoxy) is 3. The maximum absolute atomic E-state index is 9.66. The second-order valence-electron chi connectivity index (χ2n) is 9.35. The summed E-state index contributed by atoms with van der Waals surface area (Å²) in [5.74, 6) is 2.51. The number of piperidine rings is 1. The second-order valence-corrected chi connectivity index (χ2v) is 9.35. The van der Waals surface area contributed by atoms with Crippen LogP contribution in [0.15, 0.2) is 36.5 Å². The molecule has 2 aliphatic rings. The number of aromatic nitrogens is 4. The maximum atomic E-state index is 9.66. The molecule has 3 aromatic rings. The van der Waals surface area contributed by atoms with Gasteiger partial charge in [0.05, 0.1) is 31.7 Å². The summed E-state index contributed by atoms with van der Waals surface area (Å²) in [4.78, 5) is 20.4. The average Bonchev–Trinajstić information content (AvgIpc) is 2.94. The molecule has 0 aliphatic carbocycles. The van der Waals surface area contributed by atoms with E-state index in [-0.39, 0.29) is 11.8 Å². The third kappa shape index (κ3) is 5.96. The number of rotatable bonds is 7. The minimum absolute atomic E-state index is 0.0266. The molecule has 0 saturated carbocycles. The highest BCUT2D eigenvalue weighted by Crippen LogP contribution is 2.34. The van der Waals surface area contributed by atoms with Crippen molar-refractivity contribution in [2.45, 2.75) is 37.7 Å². The van der Waals surface area contributed by atoms with Crippen LogP contribution in [0, 0.1) is 11.3 Å². The molecule has 2 fully saturated rings. The molecule has 0 radical (unpaired) electrons. The first-order valence-corrected chi connectivity index (χ1v) is 12.6. The van der Waals surface area contributed by atoms with Gasteiger partial charge in [-0.25, -0.2) is 15.0 Å². The van der Waals surface area contributed by atoms with Crippen molar-refractivity contribution in [2.24, 2.45) is 0 Å². The summed E-state index contributed by atoms with van der Waals surface area (Å²) in [5.41, 5.74) is 2.51. The molecule has 1 N–H and O–H groups in total. The number of methoxy groups -OCH3 is 1. The summed E-state index contributed by atoms with van der Waals surface area (Å²) in [6.45, 7) is 3.46. The minimum atomic E-state index is 0.0266. The lowest BCUT2D eigenvalue weighted by molar-refractivity contribution is 0.0253. The van der Waals surface area contributed by atoms with Crippen molar-refractivity contribution in [2.75, 3.05) is 45.8 Å². The molecular weight excluding hydrogens is 470 g/mol. The summed E-state index contributed by atoms with van der Waals surface area (Å²) in [7, 11) is 3.80. The van der Waals surface area contributed by atoms with Crippen molar-refractivity contribution < 1.29 is 14.2 Å². The van der Waals surface area contributed by atoms with Crippen LogP contribution in [0.2, 0.25) is 0 Å². The summed E-state index contributed by atoms with van der Waals surface area (Å²) < 4.78 is 17.0. The normalized spacial score (nSPS) is 17.2. The van der Waals surface area contributed by atoms with E-state index in [2.05, 4.69) is 49.3 Å². The summed E-state index contributed by atoms with van der Waals surface area (Å²) >= 11 is 0. The lowest BCUT2D eigenvalue weighted by atomic mass is 9.90. The zero-order valence-corrected chi connectivity index (χ0v) is 21.2. The van der Waals surface area contributed by atoms with E-state index in [1.807, 2.05) is 6.07 Å². The van der Waals surface area contributed by atoms with Crippen LogP contribution in [0.3, 0.4) is 0 Å². The van der Waals surface area contributed by atoms with E-state index < -0.39 is 0 Å². The molecule has 5 rings (SSSR count). The van der Waals surface area contributed by atoms with E-state index in [4.69, 9.17) is 14.2 Å². The van der Waals surface area contributed by atoms with Gasteiger partial charge in [-0.05, 0) is 69.2 Å². The van der Waals surface area contributed by atoms with Crippen LogP contribution in [0.5, 0.6) is 11.6 Å². The molecule has 0 atom stereocenters. The standard InChI is InChI=1S/C27H31N7O3/c1-34-13-8-18(9-14-34)20-3-6-25(32-26(20)35-2)33-27-29-12-7-22(31-27)21-4-5-24(23(17-28)30-21)37-19-10-15-36-16-11-19/h3-7,12,18-19H,8-11,13-16H2,1-2H3,(H,29,31,32,33). The molecule has 10 nitrogen and oxygen atoms in total. The highest BCUT2D eigenvalue weighted by Gasteiger charge is 2.23. The summed E-state index contributed by atoms with van der Waals surface area (Å²) in [6.07, 6.45) is 5.44. The van der Waals surface area contributed by atoms with Crippen LogP contribution in [-0.2, 0) is 4.74 Å². The highest BCUT2D eigenvalue weighted by molar-refractivity contribution is 5.60. The number of pyridine rings is 2. The van der Waals surface area contributed by atoms with Gasteiger partial charge in [-0.15, -0.1) is 0 Å². The Kier molecular flexibility index (Phi) is 7.73. The van der Waals surface area contributed by atoms with Crippen LogP contribution >= 0.6 is 0 Å². The topological polar surface area (TPSA) is 118 Å². The molecule has 0 spiro atoms. The van der Waals surface area contributed by atoms with E-state index in [0.29, 0.717) is 53.9 Å². The Morgan fingerprint density at radius 1 is 1.00 bits per heavy atom. The predicted molar refractivity (Wildman–Crippen MR) is 138 cm³/mol. The monoisotopic (exact) mass is 501 g/mol. The molecule has 192 valence electrons. The van der Waals surface area contributed by atoms with Gasteiger partial charge in [-0.2, -0.15) is 10.2 Å². The van der Waals surface area contributed by atoms with Gasteiger partial charge < -0.3 is 24.4 Å². The van der Waals surface area contributed by atoms with Gasteiger partial charge in [0.1, 0.15) is 18.0 Å². The largest absolute Gasteiger partial charge is 0.487 e. The van der Waals surface area contributed by atoms with Gasteiger partial charge in [0.25, 0.3) is 0 Å². The molecule has 37 heavy (non-hydrogen) atoms. The molecule has 0 aromatic carbocycles. The maximum Gasteiger partial charge on any atom is 0.228 e. The average molecular weight is 502 g/mol. The van der Waals surface area contributed by atoms with Crippen LogP contribution < -0.4 is 14.8 Å². The summed E-state index contributed by atoms with van der Waals surface area (Å²) in [6, 6.07) is 11.5. The number of likely N-dealkylation sites (tertiary alicyclic amines) is 1. The third-order valence-electron chi connectivity index (χ3n) is 6.83. The van der Waals surface area contributed by atoms with Crippen molar-refractivity contribution in [3.8, 4) is 29.1 Å². The van der Waals surface area contributed by atoms with Gasteiger partial charge in [0.15, 0.2) is 11.4 Å². The number of anilines is 2. The molecule has 3 aromatic heterocycles. The number of nitrogens with one attached hydrogen (secondary N) is 1. The Morgan fingerprint density at radius 3 is 2.54 bits per heavy atom. The lowest BCUT2D eigenvalue weighted by Crippen LogP contribution is -2.29. The van der Waals surface area contributed by atoms with Crippen LogP contribution in [0.1, 0.15) is 42.9 Å². The number of nitriles is 1. The van der Waals surface area contributed by atoms with E-state index >= 15 is 0 Å². The van der Waals surface area contributed by atoms with E-state index in [0.717, 1.165) is 44.3 Å². The first-order chi connectivity index (χ1) is 18.1. The third-order valence-corrected chi connectivity index (χ3v) is 6.83. The Morgan fingerprint density at radius 2 is 1.78 bits per heavy atom. The number of hydrogen-bond donors (Lipinski definition) is 1. The fraction of sp³-hybridized carbons (Fsp3) is 0.444. The zero-order chi connectivity index (χ0) is 25.6. The van der Waals surface area contributed by atoms with Crippen molar-refractivity contribution >= 4 is 11.8 Å². The number of nitrogens with zero attached hydrogens (tertiary/aromatic N) is 6. The molecule has 0 bridgehead atoms. The predicted octanol–water partition coefficient (Wildman–Crippen LogP) is 3.92. The molecule has 2 aliphatic heterocycles. The number of hydrogen-bond acceptors (Lipinski definition) is 10. The molecule has 0 unspecified atom stereocenters. The molecular formula is C27H31N7O3. The van der Waals surface area contributed by atoms with E-state index in [1.54, 1.807) is 31.5 Å². The Labute approximate surface area is 216 Å². The molecule has 2 saturated heterocycles. The SMILES string of the molecule is COc1nc(Nc2nccc(-c3ccc(OC4CCOCC4)c(C#N)n3)n2)ccc1C1CCN(C)CC1.